The molecule has 0 amide bonds. The van der Waals surface area contributed by atoms with Crippen LogP contribution in [0.4, 0.5) is 0 Å². The first-order valence-electron chi connectivity index (χ1n) is 6.78. The second-order valence-electron chi connectivity index (χ2n) is 5.33. The molecule has 1 fully saturated rings. The van der Waals surface area contributed by atoms with Crippen molar-refractivity contribution >= 4 is 17.0 Å². The first kappa shape index (κ1) is 13.1. The summed E-state index contributed by atoms with van der Waals surface area (Å²) in [4.78, 5) is 19.7. The lowest BCUT2D eigenvalue weighted by molar-refractivity contribution is -0.149. The van der Waals surface area contributed by atoms with Crippen LogP contribution < -0.4 is 0 Å². The average Bonchev–Trinajstić information content (AvgIpc) is 3.02. The highest BCUT2D eigenvalue weighted by atomic mass is 16.5. The highest BCUT2D eigenvalue weighted by Crippen LogP contribution is 2.35. The molecule has 3 rings (SSSR count). The van der Waals surface area contributed by atoms with Crippen molar-refractivity contribution in [3.05, 3.63) is 24.3 Å². The number of imidazole rings is 1. The maximum absolute atomic E-state index is 11.0. The van der Waals surface area contributed by atoms with Crippen LogP contribution in [0, 0.1) is 0 Å². The Morgan fingerprint density at radius 3 is 2.95 bits per heavy atom. The second kappa shape index (κ2) is 4.86. The number of carbonyl (C=O) groups is 1. The zero-order valence-corrected chi connectivity index (χ0v) is 11.5. The van der Waals surface area contributed by atoms with Crippen LogP contribution in [0.5, 0.6) is 0 Å². The molecule has 1 N–H and O–H groups in total. The molecule has 0 aliphatic carbocycles. The lowest BCUT2D eigenvalue weighted by atomic mass is 10.2. The van der Waals surface area contributed by atoms with Crippen LogP contribution in [0.2, 0.25) is 0 Å². The van der Waals surface area contributed by atoms with Gasteiger partial charge in [0.25, 0.3) is 0 Å². The minimum absolute atomic E-state index is 0.227. The molecule has 2 aromatic rings. The number of ether oxygens (including phenoxy) is 1. The Morgan fingerprint density at radius 2 is 2.30 bits per heavy atom. The third-order valence-corrected chi connectivity index (χ3v) is 3.62. The van der Waals surface area contributed by atoms with Crippen LogP contribution in [-0.4, -0.2) is 31.7 Å². The molecule has 106 valence electrons. The Morgan fingerprint density at radius 1 is 1.50 bits per heavy atom. The van der Waals surface area contributed by atoms with Crippen molar-refractivity contribution in [2.75, 3.05) is 0 Å². The van der Waals surface area contributed by atoms with Crippen LogP contribution in [0.3, 0.4) is 0 Å². The molecule has 0 radical (unpaired) electrons. The van der Waals surface area contributed by atoms with Gasteiger partial charge in [-0.15, -0.1) is 0 Å². The minimum Gasteiger partial charge on any atom is -0.479 e. The van der Waals surface area contributed by atoms with Crippen LogP contribution in [0.1, 0.15) is 44.7 Å². The van der Waals surface area contributed by atoms with Gasteiger partial charge >= 0.3 is 5.97 Å². The van der Waals surface area contributed by atoms with Gasteiger partial charge in [0.05, 0.1) is 11.7 Å². The van der Waals surface area contributed by atoms with Gasteiger partial charge in [-0.3, -0.25) is 4.98 Å². The summed E-state index contributed by atoms with van der Waals surface area (Å²) in [6, 6.07) is 2.15. The summed E-state index contributed by atoms with van der Waals surface area (Å²) >= 11 is 0. The number of carboxylic acids is 1. The average molecular weight is 275 g/mol. The third-order valence-electron chi connectivity index (χ3n) is 3.62. The minimum atomic E-state index is -0.902. The standard InChI is InChI=1S/C14H17N3O3/c1-8(2)17-10-5-6-15-7-9(10)16-13(17)11-3-4-12(20-11)14(18)19/h5-8,11-12H,3-4H2,1-2H3,(H,18,19). The van der Waals surface area contributed by atoms with Crippen molar-refractivity contribution in [3.63, 3.8) is 0 Å². The number of aromatic nitrogens is 3. The number of fused-ring (bicyclic) bond motifs is 1. The SMILES string of the molecule is CC(C)n1c(C2CCC(C(=O)O)O2)nc2cnccc21. The maximum atomic E-state index is 11.0. The van der Waals surface area contributed by atoms with Gasteiger partial charge in [0.2, 0.25) is 0 Å². The topological polar surface area (TPSA) is 77.2 Å². The molecule has 1 aliphatic rings. The lowest BCUT2D eigenvalue weighted by Gasteiger charge is -2.17. The molecule has 2 unspecified atom stereocenters. The van der Waals surface area contributed by atoms with Gasteiger partial charge < -0.3 is 14.4 Å². The molecule has 0 spiro atoms. The van der Waals surface area contributed by atoms with Gasteiger partial charge in [-0.25, -0.2) is 9.78 Å². The lowest BCUT2D eigenvalue weighted by Crippen LogP contribution is -2.19. The summed E-state index contributed by atoms with van der Waals surface area (Å²) in [5.41, 5.74) is 1.82. The Bertz CT molecular complexity index is 650. The van der Waals surface area contributed by atoms with E-state index in [0.717, 1.165) is 16.9 Å². The molecule has 6 heteroatoms. The molecule has 3 heterocycles. The predicted molar refractivity (Wildman–Crippen MR) is 72.4 cm³/mol. The van der Waals surface area contributed by atoms with E-state index in [2.05, 4.69) is 28.4 Å². The first-order chi connectivity index (χ1) is 9.58. The number of hydrogen-bond acceptors (Lipinski definition) is 4. The number of nitrogens with zero attached hydrogens (tertiary/aromatic N) is 3. The normalized spacial score (nSPS) is 22.8. The number of hydrogen-bond donors (Lipinski definition) is 1. The van der Waals surface area contributed by atoms with Crippen molar-refractivity contribution in [1.82, 2.24) is 14.5 Å². The highest BCUT2D eigenvalue weighted by molar-refractivity contribution is 5.75. The fourth-order valence-corrected chi connectivity index (χ4v) is 2.75. The smallest absolute Gasteiger partial charge is 0.332 e. The fourth-order valence-electron chi connectivity index (χ4n) is 2.75. The molecule has 2 aromatic heterocycles. The zero-order valence-electron chi connectivity index (χ0n) is 11.5. The van der Waals surface area contributed by atoms with E-state index in [1.807, 2.05) is 6.07 Å². The second-order valence-corrected chi connectivity index (χ2v) is 5.33. The van der Waals surface area contributed by atoms with Crippen LogP contribution in [-0.2, 0) is 9.53 Å². The van der Waals surface area contributed by atoms with Crippen molar-refractivity contribution in [2.45, 2.75) is 44.9 Å². The zero-order chi connectivity index (χ0) is 14.3. The molecule has 1 aliphatic heterocycles. The molecular weight excluding hydrogens is 258 g/mol. The van der Waals surface area contributed by atoms with Gasteiger partial charge in [-0.05, 0) is 32.8 Å². The molecule has 20 heavy (non-hydrogen) atoms. The van der Waals surface area contributed by atoms with E-state index in [1.165, 1.54) is 0 Å². The van der Waals surface area contributed by atoms with E-state index < -0.39 is 12.1 Å². The summed E-state index contributed by atoms with van der Waals surface area (Å²) in [5, 5.41) is 9.03. The van der Waals surface area contributed by atoms with E-state index in [-0.39, 0.29) is 12.1 Å². The quantitative estimate of drug-likeness (QED) is 0.930. The summed E-state index contributed by atoms with van der Waals surface area (Å²) in [7, 11) is 0. The summed E-state index contributed by atoms with van der Waals surface area (Å²) in [5.74, 6) is -0.104. The Balaban J connectivity index is 2.03. The Labute approximate surface area is 116 Å². The Hall–Kier alpha value is -1.95. The van der Waals surface area contributed by atoms with Crippen LogP contribution in [0.25, 0.3) is 11.0 Å². The van der Waals surface area contributed by atoms with E-state index in [0.29, 0.717) is 12.8 Å². The van der Waals surface area contributed by atoms with E-state index in [1.54, 1.807) is 12.4 Å². The molecule has 0 aromatic carbocycles. The summed E-state index contributed by atoms with van der Waals surface area (Å²) in [6.45, 7) is 4.16. The van der Waals surface area contributed by atoms with E-state index >= 15 is 0 Å². The largest absolute Gasteiger partial charge is 0.479 e. The molecule has 1 saturated heterocycles. The third kappa shape index (κ3) is 2.06. The van der Waals surface area contributed by atoms with Gasteiger partial charge in [0.1, 0.15) is 17.4 Å². The first-order valence-corrected chi connectivity index (χ1v) is 6.78. The molecule has 2 atom stereocenters. The predicted octanol–water partition coefficient (Wildman–Crippen LogP) is 2.32. The monoisotopic (exact) mass is 275 g/mol. The number of carboxylic acid groups (broad SMARTS) is 1. The van der Waals surface area contributed by atoms with Crippen molar-refractivity contribution in [2.24, 2.45) is 0 Å². The van der Waals surface area contributed by atoms with Gasteiger partial charge in [0, 0.05) is 12.2 Å². The van der Waals surface area contributed by atoms with Gasteiger partial charge in [0.15, 0.2) is 6.10 Å². The number of pyridine rings is 1. The number of rotatable bonds is 3. The Kier molecular flexibility index (Phi) is 3.17. The van der Waals surface area contributed by atoms with E-state index in [9.17, 15) is 4.79 Å². The van der Waals surface area contributed by atoms with Crippen molar-refractivity contribution < 1.29 is 14.6 Å². The van der Waals surface area contributed by atoms with Gasteiger partial charge in [-0.1, -0.05) is 0 Å². The van der Waals surface area contributed by atoms with E-state index in [4.69, 9.17) is 9.84 Å². The van der Waals surface area contributed by atoms with Crippen molar-refractivity contribution in [3.8, 4) is 0 Å². The molecular formula is C14H17N3O3. The van der Waals surface area contributed by atoms with Crippen LogP contribution in [0.15, 0.2) is 18.5 Å². The highest BCUT2D eigenvalue weighted by Gasteiger charge is 2.34. The molecule has 6 nitrogen and oxygen atoms in total. The summed E-state index contributed by atoms with van der Waals surface area (Å²) in [6.07, 6.45) is 3.69. The molecule has 0 saturated carbocycles. The van der Waals surface area contributed by atoms with Crippen LogP contribution >= 0.6 is 0 Å². The number of aliphatic carboxylic acids is 1. The fraction of sp³-hybridized carbons (Fsp3) is 0.500. The van der Waals surface area contributed by atoms with Crippen molar-refractivity contribution in [1.29, 1.82) is 0 Å². The molecule has 0 bridgehead atoms. The maximum Gasteiger partial charge on any atom is 0.332 e. The summed E-state index contributed by atoms with van der Waals surface area (Å²) < 4.78 is 7.73. The van der Waals surface area contributed by atoms with Gasteiger partial charge in [-0.2, -0.15) is 0 Å².